The van der Waals surface area contributed by atoms with Crippen LogP contribution in [0.1, 0.15) is 64.6 Å². The molecule has 1 fully saturated rings. The van der Waals surface area contributed by atoms with E-state index in [4.69, 9.17) is 0 Å². The molecule has 1 aliphatic carbocycles. The summed E-state index contributed by atoms with van der Waals surface area (Å²) in [7, 11) is 0. The normalized spacial score (nSPS) is 15.8. The minimum absolute atomic E-state index is 0.161. The van der Waals surface area contributed by atoms with Crippen LogP contribution in [0.3, 0.4) is 0 Å². The summed E-state index contributed by atoms with van der Waals surface area (Å²) in [6, 6.07) is 1.99. The molecule has 1 saturated carbocycles. The number of hydrogen-bond donors (Lipinski definition) is 1. The van der Waals surface area contributed by atoms with Gasteiger partial charge in [0.15, 0.2) is 0 Å². The number of rotatable bonds is 6. The van der Waals surface area contributed by atoms with Crippen molar-refractivity contribution in [3.8, 4) is 0 Å². The molecule has 0 aliphatic heterocycles. The predicted octanol–water partition coefficient (Wildman–Crippen LogP) is 4.50. The fourth-order valence-corrected chi connectivity index (χ4v) is 2.71. The highest BCUT2D eigenvalue weighted by atomic mass is 79.9. The SMILES string of the molecule is CCC(CC)(CC)Nc1cc(Br)nc(C2CC2)n1. The fraction of sp³-hybridized carbons (Fsp3) is 0.714. The van der Waals surface area contributed by atoms with E-state index in [0.717, 1.165) is 35.5 Å². The Bertz CT molecular complexity index is 403. The average molecular weight is 312 g/mol. The number of anilines is 1. The van der Waals surface area contributed by atoms with Crippen LogP contribution in [0.5, 0.6) is 0 Å². The maximum Gasteiger partial charge on any atom is 0.135 e. The van der Waals surface area contributed by atoms with Crippen molar-refractivity contribution in [2.75, 3.05) is 5.32 Å². The van der Waals surface area contributed by atoms with Crippen LogP contribution in [0.4, 0.5) is 5.82 Å². The van der Waals surface area contributed by atoms with Gasteiger partial charge in [0.1, 0.15) is 16.2 Å². The van der Waals surface area contributed by atoms with Gasteiger partial charge in [0.2, 0.25) is 0 Å². The van der Waals surface area contributed by atoms with E-state index in [1.165, 1.54) is 12.8 Å². The predicted molar refractivity (Wildman–Crippen MR) is 78.9 cm³/mol. The Morgan fingerprint density at radius 2 is 1.83 bits per heavy atom. The Morgan fingerprint density at radius 1 is 1.22 bits per heavy atom. The molecule has 0 aromatic carbocycles. The molecule has 1 aromatic heterocycles. The summed E-state index contributed by atoms with van der Waals surface area (Å²) in [6.45, 7) is 6.70. The summed E-state index contributed by atoms with van der Waals surface area (Å²) in [5, 5.41) is 3.62. The molecule has 0 spiro atoms. The maximum absolute atomic E-state index is 4.67. The summed E-state index contributed by atoms with van der Waals surface area (Å²) in [5.74, 6) is 2.54. The second-order valence-electron chi connectivity index (χ2n) is 5.17. The van der Waals surface area contributed by atoms with Crippen LogP contribution in [0.15, 0.2) is 10.7 Å². The van der Waals surface area contributed by atoms with E-state index in [9.17, 15) is 0 Å². The smallest absolute Gasteiger partial charge is 0.135 e. The minimum Gasteiger partial charge on any atom is -0.365 e. The van der Waals surface area contributed by atoms with Crippen molar-refractivity contribution >= 4 is 21.7 Å². The Morgan fingerprint density at radius 3 is 2.33 bits per heavy atom. The first kappa shape index (κ1) is 13.8. The van der Waals surface area contributed by atoms with E-state index >= 15 is 0 Å². The van der Waals surface area contributed by atoms with E-state index in [0.29, 0.717) is 5.92 Å². The number of hydrogen-bond acceptors (Lipinski definition) is 3. The third-order valence-electron chi connectivity index (χ3n) is 4.08. The van der Waals surface area contributed by atoms with Crippen molar-refractivity contribution < 1.29 is 0 Å². The van der Waals surface area contributed by atoms with Crippen molar-refractivity contribution in [2.24, 2.45) is 0 Å². The average Bonchev–Trinajstić information content (AvgIpc) is 3.20. The zero-order valence-corrected chi connectivity index (χ0v) is 13.0. The Labute approximate surface area is 118 Å². The first-order valence-corrected chi connectivity index (χ1v) is 7.74. The van der Waals surface area contributed by atoms with Crippen LogP contribution < -0.4 is 5.32 Å². The highest BCUT2D eigenvalue weighted by molar-refractivity contribution is 9.10. The Balaban J connectivity index is 2.21. The van der Waals surface area contributed by atoms with Gasteiger partial charge in [-0.25, -0.2) is 9.97 Å². The number of nitrogens with one attached hydrogen (secondary N) is 1. The number of aromatic nitrogens is 2. The molecule has 18 heavy (non-hydrogen) atoms. The quantitative estimate of drug-likeness (QED) is 0.786. The number of halogens is 1. The lowest BCUT2D eigenvalue weighted by Gasteiger charge is -2.32. The molecule has 1 aromatic rings. The van der Waals surface area contributed by atoms with Gasteiger partial charge in [0, 0.05) is 17.5 Å². The van der Waals surface area contributed by atoms with Crippen LogP contribution in [-0.2, 0) is 0 Å². The molecule has 1 N–H and O–H groups in total. The summed E-state index contributed by atoms with van der Waals surface area (Å²) >= 11 is 3.49. The van der Waals surface area contributed by atoms with Crippen LogP contribution in [0.25, 0.3) is 0 Å². The lowest BCUT2D eigenvalue weighted by molar-refractivity contribution is 0.418. The lowest BCUT2D eigenvalue weighted by atomic mass is 9.90. The summed E-state index contributed by atoms with van der Waals surface area (Å²) in [6.07, 6.45) is 5.80. The van der Waals surface area contributed by atoms with Gasteiger partial charge in [-0.2, -0.15) is 0 Å². The van der Waals surface area contributed by atoms with Crippen LogP contribution >= 0.6 is 15.9 Å². The molecule has 0 saturated heterocycles. The Hall–Kier alpha value is -0.640. The molecule has 100 valence electrons. The van der Waals surface area contributed by atoms with Gasteiger partial charge >= 0.3 is 0 Å². The molecule has 1 aliphatic rings. The Kier molecular flexibility index (Phi) is 4.25. The molecular weight excluding hydrogens is 290 g/mol. The third-order valence-corrected chi connectivity index (χ3v) is 4.48. The third kappa shape index (κ3) is 3.02. The van der Waals surface area contributed by atoms with Crippen LogP contribution in [0.2, 0.25) is 0 Å². The largest absolute Gasteiger partial charge is 0.365 e. The molecule has 0 radical (unpaired) electrons. The molecule has 0 atom stereocenters. The van der Waals surface area contributed by atoms with Crippen LogP contribution in [-0.4, -0.2) is 15.5 Å². The van der Waals surface area contributed by atoms with Crippen molar-refractivity contribution in [1.82, 2.24) is 9.97 Å². The first-order valence-electron chi connectivity index (χ1n) is 6.95. The topological polar surface area (TPSA) is 37.8 Å². The van der Waals surface area contributed by atoms with E-state index in [-0.39, 0.29) is 5.54 Å². The molecule has 2 rings (SSSR count). The van der Waals surface area contributed by atoms with Gasteiger partial charge in [0.25, 0.3) is 0 Å². The summed E-state index contributed by atoms with van der Waals surface area (Å²) in [4.78, 5) is 9.14. The second kappa shape index (κ2) is 5.55. The second-order valence-corrected chi connectivity index (χ2v) is 5.99. The van der Waals surface area contributed by atoms with Gasteiger partial charge < -0.3 is 5.32 Å². The summed E-state index contributed by atoms with van der Waals surface area (Å²) in [5.41, 5.74) is 0.161. The van der Waals surface area contributed by atoms with Gasteiger partial charge in [-0.05, 0) is 48.0 Å². The monoisotopic (exact) mass is 311 g/mol. The van der Waals surface area contributed by atoms with E-state index in [1.54, 1.807) is 0 Å². The molecule has 0 unspecified atom stereocenters. The maximum atomic E-state index is 4.67. The van der Waals surface area contributed by atoms with Gasteiger partial charge in [-0.1, -0.05) is 20.8 Å². The number of nitrogens with zero attached hydrogens (tertiary/aromatic N) is 2. The zero-order chi connectivity index (χ0) is 13.2. The van der Waals surface area contributed by atoms with Crippen molar-refractivity contribution in [3.05, 3.63) is 16.5 Å². The highest BCUT2D eigenvalue weighted by Gasteiger charge is 2.29. The van der Waals surface area contributed by atoms with Crippen molar-refractivity contribution in [1.29, 1.82) is 0 Å². The molecule has 1 heterocycles. The van der Waals surface area contributed by atoms with E-state index in [2.05, 4.69) is 52.0 Å². The molecular formula is C14H22BrN3. The van der Waals surface area contributed by atoms with Gasteiger partial charge in [-0.3, -0.25) is 0 Å². The molecule has 0 bridgehead atoms. The lowest BCUT2D eigenvalue weighted by Crippen LogP contribution is -2.36. The molecule has 4 heteroatoms. The van der Waals surface area contributed by atoms with Crippen molar-refractivity contribution in [3.63, 3.8) is 0 Å². The zero-order valence-electron chi connectivity index (χ0n) is 11.5. The summed E-state index contributed by atoms with van der Waals surface area (Å²) < 4.78 is 0.888. The minimum atomic E-state index is 0.161. The molecule has 3 nitrogen and oxygen atoms in total. The van der Waals surface area contributed by atoms with E-state index < -0.39 is 0 Å². The standard InChI is InChI=1S/C14H22BrN3/c1-4-14(5-2,6-3)18-12-9-11(15)16-13(17-12)10-7-8-10/h9-10H,4-8H2,1-3H3,(H,16,17,18). The highest BCUT2D eigenvalue weighted by Crippen LogP contribution is 2.39. The first-order chi connectivity index (χ1) is 8.62. The van der Waals surface area contributed by atoms with Crippen LogP contribution in [0, 0.1) is 0 Å². The van der Waals surface area contributed by atoms with Gasteiger partial charge in [0.05, 0.1) is 0 Å². The van der Waals surface area contributed by atoms with Gasteiger partial charge in [-0.15, -0.1) is 0 Å². The molecule has 0 amide bonds. The van der Waals surface area contributed by atoms with Crippen molar-refractivity contribution in [2.45, 2.75) is 64.3 Å². The van der Waals surface area contributed by atoms with E-state index in [1.807, 2.05) is 6.07 Å². The fourth-order valence-electron chi connectivity index (χ4n) is 2.31.